The lowest BCUT2D eigenvalue weighted by Gasteiger charge is -2.16. The van der Waals surface area contributed by atoms with E-state index in [1.807, 2.05) is 6.92 Å². The first kappa shape index (κ1) is 21.7. The van der Waals surface area contributed by atoms with Gasteiger partial charge in [-0.2, -0.15) is 18.3 Å². The number of imidazole rings is 1. The third-order valence-corrected chi connectivity index (χ3v) is 4.88. The Balaban J connectivity index is 1.66. The minimum atomic E-state index is -4.43. The van der Waals surface area contributed by atoms with Crippen LogP contribution in [-0.2, 0) is 17.9 Å². The lowest BCUT2D eigenvalue weighted by molar-refractivity contribution is -0.142. The Hall–Kier alpha value is -3.57. The number of halogens is 3. The molecule has 0 saturated carbocycles. The van der Waals surface area contributed by atoms with Crippen molar-refractivity contribution in [3.05, 3.63) is 30.7 Å². The third-order valence-electron chi connectivity index (χ3n) is 4.88. The number of carbonyl (C=O) groups is 1. The summed E-state index contributed by atoms with van der Waals surface area (Å²) >= 11 is 0. The maximum Gasteiger partial charge on any atom is 0.408 e. The van der Waals surface area contributed by atoms with Crippen LogP contribution in [0, 0.1) is 0 Å². The normalized spacial score (nSPS) is 14.1. The van der Waals surface area contributed by atoms with E-state index in [4.69, 9.17) is 15.2 Å². The maximum absolute atomic E-state index is 12.8. The van der Waals surface area contributed by atoms with E-state index in [0.717, 1.165) is 17.4 Å². The number of primary amides is 1. The molecular formula is C20H21F3N6O3. The number of rotatable bonds is 7. The number of hydrogen-bond acceptors (Lipinski definition) is 6. The highest BCUT2D eigenvalue weighted by molar-refractivity contribution is 5.79. The first-order valence-corrected chi connectivity index (χ1v) is 10.0. The van der Waals surface area contributed by atoms with Crippen molar-refractivity contribution in [3.8, 4) is 34.4 Å². The summed E-state index contributed by atoms with van der Waals surface area (Å²) < 4.78 is 52.6. The highest BCUT2D eigenvalue weighted by Crippen LogP contribution is 2.36. The molecule has 1 aromatic carbocycles. The zero-order chi connectivity index (χ0) is 22.9. The van der Waals surface area contributed by atoms with Crippen molar-refractivity contribution in [1.29, 1.82) is 0 Å². The fourth-order valence-corrected chi connectivity index (χ4v) is 3.48. The van der Waals surface area contributed by atoms with E-state index in [2.05, 4.69) is 15.1 Å². The number of carbonyl (C=O) groups excluding carboxylic acids is 1. The van der Waals surface area contributed by atoms with Gasteiger partial charge in [-0.05, 0) is 18.6 Å². The van der Waals surface area contributed by atoms with Crippen molar-refractivity contribution in [2.75, 3.05) is 6.61 Å². The highest BCUT2D eigenvalue weighted by atomic mass is 19.4. The van der Waals surface area contributed by atoms with E-state index in [9.17, 15) is 18.0 Å². The summed E-state index contributed by atoms with van der Waals surface area (Å²) in [5, 5.41) is 3.67. The summed E-state index contributed by atoms with van der Waals surface area (Å²) in [5.74, 6) is 0.890. The summed E-state index contributed by atoms with van der Waals surface area (Å²) in [7, 11) is 0. The van der Waals surface area contributed by atoms with Crippen LogP contribution in [0.1, 0.15) is 19.8 Å². The van der Waals surface area contributed by atoms with Crippen LogP contribution in [0.25, 0.3) is 22.9 Å². The zero-order valence-corrected chi connectivity index (χ0v) is 17.2. The molecule has 170 valence electrons. The van der Waals surface area contributed by atoms with Crippen molar-refractivity contribution in [1.82, 2.24) is 24.3 Å². The standard InChI is InChI=1S/C20H21F3N6O3/c1-2-3-15(17(24)30)32-12-4-5-13-16(8-12)31-7-6-28-9-14(27-18(13)28)19-25-11-26-29(19)10-20(21,22)23/h4-5,8-9,11,15H,2-3,6-7,10H2,1H3,(H2,24,30)/t15-/m0/s1. The lowest BCUT2D eigenvalue weighted by Crippen LogP contribution is -2.33. The number of aromatic nitrogens is 5. The number of hydrogen-bond donors (Lipinski definition) is 1. The molecule has 0 aliphatic carbocycles. The molecule has 0 saturated heterocycles. The molecule has 9 nitrogen and oxygen atoms in total. The van der Waals surface area contributed by atoms with Crippen LogP contribution in [0.5, 0.6) is 11.5 Å². The molecule has 2 N–H and O–H groups in total. The van der Waals surface area contributed by atoms with E-state index in [1.165, 1.54) is 0 Å². The van der Waals surface area contributed by atoms with Gasteiger partial charge in [0, 0.05) is 12.3 Å². The molecule has 1 aliphatic heterocycles. The predicted octanol–water partition coefficient (Wildman–Crippen LogP) is 2.80. The third kappa shape index (κ3) is 4.53. The van der Waals surface area contributed by atoms with E-state index in [-0.39, 0.29) is 11.5 Å². The summed E-state index contributed by atoms with van der Waals surface area (Å²) in [5.41, 5.74) is 6.31. The van der Waals surface area contributed by atoms with Gasteiger partial charge in [0.15, 0.2) is 11.9 Å². The molecule has 1 amide bonds. The Morgan fingerprint density at radius 1 is 1.34 bits per heavy atom. The summed E-state index contributed by atoms with van der Waals surface area (Å²) in [6.45, 7) is 1.40. The molecule has 1 aliphatic rings. The quantitative estimate of drug-likeness (QED) is 0.593. The highest BCUT2D eigenvalue weighted by Gasteiger charge is 2.31. The second-order valence-corrected chi connectivity index (χ2v) is 7.30. The van der Waals surface area contributed by atoms with Crippen molar-refractivity contribution in [2.45, 2.75) is 45.1 Å². The molecule has 0 spiro atoms. The fourth-order valence-electron chi connectivity index (χ4n) is 3.48. The molecule has 3 aromatic rings. The van der Waals surface area contributed by atoms with E-state index >= 15 is 0 Å². The van der Waals surface area contributed by atoms with Gasteiger partial charge in [0.05, 0.1) is 12.1 Å². The van der Waals surface area contributed by atoms with Gasteiger partial charge in [0.2, 0.25) is 0 Å². The molecule has 0 unspecified atom stereocenters. The Morgan fingerprint density at radius 2 is 2.16 bits per heavy atom. The molecule has 4 rings (SSSR count). The van der Waals surface area contributed by atoms with E-state index in [0.29, 0.717) is 42.5 Å². The predicted molar refractivity (Wildman–Crippen MR) is 107 cm³/mol. The van der Waals surface area contributed by atoms with Gasteiger partial charge < -0.3 is 19.8 Å². The maximum atomic E-state index is 12.8. The van der Waals surface area contributed by atoms with Gasteiger partial charge in [0.1, 0.15) is 42.5 Å². The van der Waals surface area contributed by atoms with Gasteiger partial charge >= 0.3 is 6.18 Å². The summed E-state index contributed by atoms with van der Waals surface area (Å²) in [6.07, 6.45) is -1.28. The van der Waals surface area contributed by atoms with Crippen LogP contribution in [0.2, 0.25) is 0 Å². The Labute approximate surface area is 181 Å². The first-order valence-electron chi connectivity index (χ1n) is 10.0. The number of fused-ring (bicyclic) bond motifs is 3. The van der Waals surface area contributed by atoms with Gasteiger partial charge in [0.25, 0.3) is 5.91 Å². The number of amides is 1. The topological polar surface area (TPSA) is 110 Å². The van der Waals surface area contributed by atoms with E-state index < -0.39 is 24.7 Å². The van der Waals surface area contributed by atoms with E-state index in [1.54, 1.807) is 29.0 Å². The van der Waals surface area contributed by atoms with Crippen molar-refractivity contribution in [3.63, 3.8) is 0 Å². The molecule has 12 heteroatoms. The molecule has 3 heterocycles. The van der Waals surface area contributed by atoms with Crippen LogP contribution in [0.4, 0.5) is 13.2 Å². The Bertz CT molecular complexity index is 1120. The van der Waals surface area contributed by atoms with Crippen LogP contribution in [-0.4, -0.2) is 49.1 Å². The zero-order valence-electron chi connectivity index (χ0n) is 17.2. The average molecular weight is 450 g/mol. The van der Waals surface area contributed by atoms with Crippen LogP contribution < -0.4 is 15.2 Å². The number of benzene rings is 1. The second kappa shape index (κ2) is 8.52. The number of nitrogens with two attached hydrogens (primary N) is 1. The molecule has 0 bridgehead atoms. The van der Waals surface area contributed by atoms with Crippen molar-refractivity contribution in [2.24, 2.45) is 5.73 Å². The van der Waals surface area contributed by atoms with Crippen LogP contribution in [0.3, 0.4) is 0 Å². The van der Waals surface area contributed by atoms with Gasteiger partial charge in [-0.25, -0.2) is 14.6 Å². The van der Waals surface area contributed by atoms with Gasteiger partial charge in [-0.15, -0.1) is 0 Å². The summed E-state index contributed by atoms with van der Waals surface area (Å²) in [4.78, 5) is 20.1. The van der Waals surface area contributed by atoms with Crippen molar-refractivity contribution < 1.29 is 27.4 Å². The first-order chi connectivity index (χ1) is 15.2. The smallest absolute Gasteiger partial charge is 0.408 e. The monoisotopic (exact) mass is 450 g/mol. The molecule has 0 radical (unpaired) electrons. The number of alkyl halides is 3. The van der Waals surface area contributed by atoms with Crippen molar-refractivity contribution >= 4 is 5.91 Å². The fraction of sp³-hybridized carbons (Fsp3) is 0.400. The molecule has 32 heavy (non-hydrogen) atoms. The summed E-state index contributed by atoms with van der Waals surface area (Å²) in [6, 6.07) is 5.05. The van der Waals surface area contributed by atoms with Gasteiger partial charge in [-0.3, -0.25) is 4.79 Å². The number of nitrogens with zero attached hydrogens (tertiary/aromatic N) is 5. The minimum absolute atomic E-state index is 0.0224. The Kier molecular flexibility index (Phi) is 5.76. The Morgan fingerprint density at radius 3 is 2.88 bits per heavy atom. The molecule has 2 aromatic heterocycles. The minimum Gasteiger partial charge on any atom is -0.491 e. The average Bonchev–Trinajstić information content (AvgIpc) is 3.29. The van der Waals surface area contributed by atoms with Gasteiger partial charge in [-0.1, -0.05) is 13.3 Å². The molecule has 0 fully saturated rings. The lowest BCUT2D eigenvalue weighted by atomic mass is 10.1. The molecule has 1 atom stereocenters. The number of ether oxygens (including phenoxy) is 2. The SMILES string of the molecule is CCC[C@H](Oc1ccc2c(c1)OCCn1cc(-c3ncnn3CC(F)(F)F)nc1-2)C(N)=O. The molecular weight excluding hydrogens is 429 g/mol. The largest absolute Gasteiger partial charge is 0.491 e. The second-order valence-electron chi connectivity index (χ2n) is 7.30. The van der Waals surface area contributed by atoms with Crippen LogP contribution >= 0.6 is 0 Å². The van der Waals surface area contributed by atoms with Crippen LogP contribution in [0.15, 0.2) is 30.7 Å².